The summed E-state index contributed by atoms with van der Waals surface area (Å²) >= 11 is 0. The lowest BCUT2D eigenvalue weighted by atomic mass is 10.2. The molecule has 14 heavy (non-hydrogen) atoms. The number of aromatic nitrogens is 2. The molecule has 0 saturated carbocycles. The van der Waals surface area contributed by atoms with Crippen LogP contribution in [0.2, 0.25) is 0 Å². The van der Waals surface area contributed by atoms with E-state index in [0.29, 0.717) is 0 Å². The highest BCUT2D eigenvalue weighted by atomic mass is 16.1. The van der Waals surface area contributed by atoms with Crippen molar-refractivity contribution in [2.75, 3.05) is 0 Å². The first-order valence-corrected chi connectivity index (χ1v) is 4.26. The number of hydrogen-bond acceptors (Lipinski definition) is 2. The lowest BCUT2D eigenvalue weighted by Crippen LogP contribution is -1.75. The second-order valence-corrected chi connectivity index (χ2v) is 2.81. The molecule has 0 radical (unpaired) electrons. The largest absolute Gasteiger partial charge is 0.345 e. The summed E-state index contributed by atoms with van der Waals surface area (Å²) in [4.78, 5) is 17.1. The highest BCUT2D eigenvalue weighted by molar-refractivity contribution is 5.76. The average molecular weight is 184 g/mol. The number of hydrogen-bond donors (Lipinski definition) is 1. The Labute approximate surface area is 81.2 Å². The summed E-state index contributed by atoms with van der Waals surface area (Å²) in [6, 6.07) is 5.71. The minimum absolute atomic E-state index is 0.279. The smallest absolute Gasteiger partial charge is 0.131 e. The zero-order valence-electron chi connectivity index (χ0n) is 7.45. The Hall–Kier alpha value is -2.08. The van der Waals surface area contributed by atoms with Crippen LogP contribution in [0.5, 0.6) is 0 Å². The van der Waals surface area contributed by atoms with Gasteiger partial charge >= 0.3 is 0 Å². The topological polar surface area (TPSA) is 45.8 Å². The molecule has 0 amide bonds. The van der Waals surface area contributed by atoms with E-state index in [9.17, 15) is 4.79 Å². The van der Waals surface area contributed by atoms with Crippen molar-refractivity contribution in [1.82, 2.24) is 9.97 Å². The summed E-state index contributed by atoms with van der Waals surface area (Å²) < 4.78 is 0. The molecular formula is C11H8N2O. The number of benzene rings is 1. The summed E-state index contributed by atoms with van der Waals surface area (Å²) in [5.74, 6) is 5.65. The Kier molecular flexibility index (Phi) is 2.28. The maximum atomic E-state index is 10.0. The van der Waals surface area contributed by atoms with Gasteiger partial charge < -0.3 is 9.78 Å². The maximum absolute atomic E-state index is 10.0. The molecule has 2 aromatic rings. The highest BCUT2D eigenvalue weighted by Gasteiger charge is 1.94. The SMILES string of the molecule is O=CCC#Cc1ccc2nc[nH]c2c1. The van der Waals surface area contributed by atoms with Crippen molar-refractivity contribution in [3.8, 4) is 11.8 Å². The molecule has 0 bridgehead atoms. The van der Waals surface area contributed by atoms with Gasteiger partial charge in [-0.25, -0.2) is 4.98 Å². The van der Waals surface area contributed by atoms with Crippen molar-refractivity contribution in [1.29, 1.82) is 0 Å². The van der Waals surface area contributed by atoms with Gasteiger partial charge in [0.25, 0.3) is 0 Å². The third-order valence-electron chi connectivity index (χ3n) is 1.84. The molecule has 0 unspecified atom stereocenters. The normalized spacial score (nSPS) is 9.43. The Morgan fingerprint density at radius 3 is 3.29 bits per heavy atom. The van der Waals surface area contributed by atoms with Crippen LogP contribution in [0.3, 0.4) is 0 Å². The molecule has 0 atom stereocenters. The van der Waals surface area contributed by atoms with Crippen molar-refractivity contribution in [3.63, 3.8) is 0 Å². The second-order valence-electron chi connectivity index (χ2n) is 2.81. The number of H-pyrrole nitrogens is 1. The molecule has 0 aliphatic carbocycles. The zero-order chi connectivity index (χ0) is 9.80. The van der Waals surface area contributed by atoms with Gasteiger partial charge in [0, 0.05) is 5.56 Å². The van der Waals surface area contributed by atoms with E-state index in [1.54, 1.807) is 6.33 Å². The summed E-state index contributed by atoms with van der Waals surface area (Å²) in [6.07, 6.45) is 2.72. The number of nitrogens with one attached hydrogen (secondary N) is 1. The Morgan fingerprint density at radius 1 is 1.50 bits per heavy atom. The summed E-state index contributed by atoms with van der Waals surface area (Å²) in [7, 11) is 0. The van der Waals surface area contributed by atoms with Gasteiger partial charge in [-0.05, 0) is 18.2 Å². The van der Waals surface area contributed by atoms with Crippen LogP contribution >= 0.6 is 0 Å². The van der Waals surface area contributed by atoms with Crippen molar-refractivity contribution < 1.29 is 4.79 Å². The van der Waals surface area contributed by atoms with Crippen molar-refractivity contribution in [3.05, 3.63) is 30.1 Å². The molecule has 68 valence electrons. The monoisotopic (exact) mass is 184 g/mol. The molecule has 1 heterocycles. The molecule has 2 rings (SSSR count). The lowest BCUT2D eigenvalue weighted by Gasteiger charge is -1.89. The van der Waals surface area contributed by atoms with E-state index < -0.39 is 0 Å². The van der Waals surface area contributed by atoms with Crippen LogP contribution in [-0.2, 0) is 4.79 Å². The number of imidazole rings is 1. The fraction of sp³-hybridized carbons (Fsp3) is 0.0909. The number of rotatable bonds is 1. The van der Waals surface area contributed by atoms with E-state index in [2.05, 4.69) is 21.8 Å². The third kappa shape index (κ3) is 1.64. The van der Waals surface area contributed by atoms with Gasteiger partial charge in [-0.15, -0.1) is 0 Å². The first-order valence-electron chi connectivity index (χ1n) is 4.26. The van der Waals surface area contributed by atoms with Crippen LogP contribution in [0.25, 0.3) is 11.0 Å². The van der Waals surface area contributed by atoms with Gasteiger partial charge in [-0.2, -0.15) is 0 Å². The Balaban J connectivity index is 2.35. The molecule has 3 nitrogen and oxygen atoms in total. The van der Waals surface area contributed by atoms with Crippen molar-refractivity contribution in [2.24, 2.45) is 0 Å². The van der Waals surface area contributed by atoms with Gasteiger partial charge in [0.1, 0.15) is 6.29 Å². The van der Waals surface area contributed by atoms with E-state index in [1.165, 1.54) is 0 Å². The molecule has 0 aliphatic rings. The molecule has 0 fully saturated rings. The minimum Gasteiger partial charge on any atom is -0.345 e. The first-order chi connectivity index (χ1) is 6.90. The van der Waals surface area contributed by atoms with Crippen LogP contribution in [0.4, 0.5) is 0 Å². The van der Waals surface area contributed by atoms with Gasteiger partial charge in [0.05, 0.1) is 23.8 Å². The van der Waals surface area contributed by atoms with Gasteiger partial charge in [-0.3, -0.25) is 0 Å². The van der Waals surface area contributed by atoms with Crippen LogP contribution in [0.1, 0.15) is 12.0 Å². The molecule has 1 aromatic heterocycles. The quantitative estimate of drug-likeness (QED) is 0.539. The van der Waals surface area contributed by atoms with E-state index >= 15 is 0 Å². The van der Waals surface area contributed by atoms with E-state index in [0.717, 1.165) is 22.9 Å². The highest BCUT2D eigenvalue weighted by Crippen LogP contribution is 2.10. The number of nitrogens with zero attached hydrogens (tertiary/aromatic N) is 1. The Bertz CT molecular complexity index is 517. The number of carbonyl (C=O) groups excluding carboxylic acids is 1. The number of aromatic amines is 1. The maximum Gasteiger partial charge on any atom is 0.131 e. The van der Waals surface area contributed by atoms with Crippen LogP contribution < -0.4 is 0 Å². The van der Waals surface area contributed by atoms with Crippen LogP contribution in [0, 0.1) is 11.8 Å². The molecular weight excluding hydrogens is 176 g/mol. The molecule has 0 saturated heterocycles. The van der Waals surface area contributed by atoms with Crippen molar-refractivity contribution >= 4 is 17.3 Å². The summed E-state index contributed by atoms with van der Waals surface area (Å²) in [5.41, 5.74) is 2.78. The molecule has 0 aliphatic heterocycles. The predicted octanol–water partition coefficient (Wildman–Crippen LogP) is 1.50. The third-order valence-corrected chi connectivity index (χ3v) is 1.84. The molecule has 3 heteroatoms. The standard InChI is InChI=1S/C11H8N2O/c14-6-2-1-3-9-4-5-10-11(7-9)13-8-12-10/h4-8H,2H2,(H,12,13). The van der Waals surface area contributed by atoms with E-state index in [-0.39, 0.29) is 6.42 Å². The summed E-state index contributed by atoms with van der Waals surface area (Å²) in [6.45, 7) is 0. The molecule has 1 N–H and O–H groups in total. The average Bonchev–Trinajstić information content (AvgIpc) is 2.65. The predicted molar refractivity (Wildman–Crippen MR) is 53.7 cm³/mol. The lowest BCUT2D eigenvalue weighted by molar-refractivity contribution is -0.107. The van der Waals surface area contributed by atoms with E-state index in [4.69, 9.17) is 0 Å². The first kappa shape index (κ1) is 8.52. The van der Waals surface area contributed by atoms with Crippen molar-refractivity contribution in [2.45, 2.75) is 6.42 Å². The van der Waals surface area contributed by atoms with Gasteiger partial charge in [0.2, 0.25) is 0 Å². The zero-order valence-corrected chi connectivity index (χ0v) is 7.45. The fourth-order valence-electron chi connectivity index (χ4n) is 1.21. The Morgan fingerprint density at radius 2 is 2.43 bits per heavy atom. The summed E-state index contributed by atoms with van der Waals surface area (Å²) in [5, 5.41) is 0. The minimum atomic E-state index is 0.279. The fourth-order valence-corrected chi connectivity index (χ4v) is 1.21. The second kappa shape index (κ2) is 3.75. The number of carbonyl (C=O) groups is 1. The number of fused-ring (bicyclic) bond motifs is 1. The number of aldehydes is 1. The van der Waals surface area contributed by atoms with E-state index in [1.807, 2.05) is 18.2 Å². The van der Waals surface area contributed by atoms with Gasteiger partial charge in [0.15, 0.2) is 0 Å². The molecule has 1 aromatic carbocycles. The van der Waals surface area contributed by atoms with Crippen LogP contribution in [0.15, 0.2) is 24.5 Å². The van der Waals surface area contributed by atoms with Crippen LogP contribution in [-0.4, -0.2) is 16.3 Å². The van der Waals surface area contributed by atoms with Gasteiger partial charge in [-0.1, -0.05) is 11.8 Å². The molecule has 0 spiro atoms.